The van der Waals surface area contributed by atoms with Crippen LogP contribution < -0.4 is 4.72 Å². The number of esters is 1. The summed E-state index contributed by atoms with van der Waals surface area (Å²) in [5.74, 6) is -2.44. The summed E-state index contributed by atoms with van der Waals surface area (Å²) in [5, 5.41) is 9.48. The van der Waals surface area contributed by atoms with E-state index in [2.05, 4.69) is 4.74 Å². The van der Waals surface area contributed by atoms with Crippen LogP contribution in [0.2, 0.25) is 10.0 Å². The van der Waals surface area contributed by atoms with Crippen LogP contribution in [-0.4, -0.2) is 26.6 Å². The number of rotatable bonds is 4. The van der Waals surface area contributed by atoms with E-state index < -0.39 is 38.1 Å². The molecule has 0 saturated carbocycles. The number of sulfonamides is 1. The van der Waals surface area contributed by atoms with Gasteiger partial charge in [0.05, 0.1) is 23.4 Å². The lowest BCUT2D eigenvalue weighted by atomic mass is 10.2. The lowest BCUT2D eigenvalue weighted by Crippen LogP contribution is -2.15. The largest absolute Gasteiger partial charge is 0.505 e. The maximum Gasteiger partial charge on any atom is 0.337 e. The Kier molecular flexibility index (Phi) is 5.22. The van der Waals surface area contributed by atoms with Crippen LogP contribution in [0.1, 0.15) is 10.4 Å². The molecule has 0 radical (unpaired) electrons. The van der Waals surface area contributed by atoms with Gasteiger partial charge in [0.2, 0.25) is 0 Å². The van der Waals surface area contributed by atoms with Crippen LogP contribution >= 0.6 is 23.2 Å². The quantitative estimate of drug-likeness (QED) is 0.776. The number of benzene rings is 2. The molecule has 10 heteroatoms. The number of carbonyl (C=O) groups is 1. The zero-order valence-electron chi connectivity index (χ0n) is 12.0. The van der Waals surface area contributed by atoms with E-state index in [0.29, 0.717) is 0 Å². The molecule has 0 aliphatic heterocycles. The SMILES string of the molecule is COC(=O)c1ccc(F)c(NS(=O)(=O)c2cc(Cl)cc(Cl)c2O)c1. The second-order valence-electron chi connectivity index (χ2n) is 4.53. The number of ether oxygens (including phenoxy) is 1. The predicted octanol–water partition coefficient (Wildman–Crippen LogP) is 3.43. The van der Waals surface area contributed by atoms with E-state index in [1.807, 2.05) is 4.72 Å². The fourth-order valence-corrected chi connectivity index (χ4v) is 3.61. The fourth-order valence-electron chi connectivity index (χ4n) is 1.80. The molecule has 2 aromatic carbocycles. The smallest absolute Gasteiger partial charge is 0.337 e. The summed E-state index contributed by atoms with van der Waals surface area (Å²) in [7, 11) is -3.30. The minimum atomic E-state index is -4.42. The third kappa shape index (κ3) is 3.72. The molecule has 0 saturated heterocycles. The van der Waals surface area contributed by atoms with E-state index in [-0.39, 0.29) is 15.6 Å². The third-order valence-corrected chi connectivity index (χ3v) is 4.80. The maximum atomic E-state index is 13.8. The lowest BCUT2D eigenvalue weighted by molar-refractivity contribution is 0.0600. The van der Waals surface area contributed by atoms with Crippen molar-refractivity contribution < 1.29 is 27.4 Å². The molecular weight excluding hydrogens is 384 g/mol. The molecule has 128 valence electrons. The van der Waals surface area contributed by atoms with Gasteiger partial charge in [0.1, 0.15) is 10.7 Å². The van der Waals surface area contributed by atoms with Crippen LogP contribution in [0.5, 0.6) is 5.75 Å². The molecule has 0 unspecified atom stereocenters. The van der Waals surface area contributed by atoms with Crippen molar-refractivity contribution in [3.05, 3.63) is 51.8 Å². The molecule has 24 heavy (non-hydrogen) atoms. The Bertz CT molecular complexity index is 918. The van der Waals surface area contributed by atoms with E-state index in [0.717, 1.165) is 37.4 Å². The van der Waals surface area contributed by atoms with Gasteiger partial charge in [-0.2, -0.15) is 0 Å². The lowest BCUT2D eigenvalue weighted by Gasteiger charge is -2.12. The molecule has 0 bridgehead atoms. The number of aromatic hydroxyl groups is 1. The van der Waals surface area contributed by atoms with Crippen molar-refractivity contribution >= 4 is 44.9 Å². The number of methoxy groups -OCH3 is 1. The van der Waals surface area contributed by atoms with Gasteiger partial charge in [-0.15, -0.1) is 0 Å². The van der Waals surface area contributed by atoms with Crippen molar-refractivity contribution in [3.8, 4) is 5.75 Å². The van der Waals surface area contributed by atoms with Gasteiger partial charge in [0.15, 0.2) is 5.75 Å². The molecule has 0 spiro atoms. The number of nitrogens with one attached hydrogen (secondary N) is 1. The van der Waals surface area contributed by atoms with Crippen molar-refractivity contribution in [2.24, 2.45) is 0 Å². The normalized spacial score (nSPS) is 11.2. The van der Waals surface area contributed by atoms with Crippen molar-refractivity contribution in [1.82, 2.24) is 0 Å². The molecule has 6 nitrogen and oxygen atoms in total. The zero-order chi connectivity index (χ0) is 18.1. The number of hydrogen-bond donors (Lipinski definition) is 2. The number of anilines is 1. The highest BCUT2D eigenvalue weighted by molar-refractivity contribution is 7.92. The summed E-state index contributed by atoms with van der Waals surface area (Å²) in [4.78, 5) is 10.8. The minimum absolute atomic E-state index is 0.0399. The highest BCUT2D eigenvalue weighted by Crippen LogP contribution is 2.35. The number of halogens is 3. The van der Waals surface area contributed by atoms with Crippen LogP contribution in [0.15, 0.2) is 35.2 Å². The first kappa shape index (κ1) is 18.3. The molecule has 2 N–H and O–H groups in total. The molecule has 0 aliphatic rings. The first-order valence-electron chi connectivity index (χ1n) is 6.24. The minimum Gasteiger partial charge on any atom is -0.505 e. The van der Waals surface area contributed by atoms with Crippen LogP contribution in [0.4, 0.5) is 10.1 Å². The molecule has 0 atom stereocenters. The summed E-state index contributed by atoms with van der Waals surface area (Å²) in [6.45, 7) is 0. The molecule has 0 fully saturated rings. The van der Waals surface area contributed by atoms with Crippen LogP contribution in [0.25, 0.3) is 0 Å². The molecule has 0 aliphatic carbocycles. The van der Waals surface area contributed by atoms with Gasteiger partial charge >= 0.3 is 5.97 Å². The van der Waals surface area contributed by atoms with E-state index in [1.54, 1.807) is 0 Å². The third-order valence-electron chi connectivity index (χ3n) is 2.91. The van der Waals surface area contributed by atoms with Crippen LogP contribution in [0.3, 0.4) is 0 Å². The summed E-state index contributed by atoms with van der Waals surface area (Å²) < 4.78 is 45.0. The van der Waals surface area contributed by atoms with Gasteiger partial charge < -0.3 is 9.84 Å². The highest BCUT2D eigenvalue weighted by atomic mass is 35.5. The van der Waals surface area contributed by atoms with Gasteiger partial charge in [-0.05, 0) is 30.3 Å². The van der Waals surface area contributed by atoms with Crippen molar-refractivity contribution in [2.75, 3.05) is 11.8 Å². The van der Waals surface area contributed by atoms with Gasteiger partial charge in [-0.3, -0.25) is 4.72 Å². The Morgan fingerprint density at radius 1 is 1.25 bits per heavy atom. The van der Waals surface area contributed by atoms with Crippen molar-refractivity contribution in [2.45, 2.75) is 4.90 Å². The second kappa shape index (κ2) is 6.84. The molecule has 2 rings (SSSR count). The predicted molar refractivity (Wildman–Crippen MR) is 86.7 cm³/mol. The van der Waals surface area contributed by atoms with Gasteiger partial charge in [0, 0.05) is 5.02 Å². The average Bonchev–Trinajstić information content (AvgIpc) is 2.51. The molecule has 0 amide bonds. The summed E-state index contributed by atoms with van der Waals surface area (Å²) >= 11 is 11.4. The Labute approximate surface area is 146 Å². The Hall–Kier alpha value is -2.03. The van der Waals surface area contributed by atoms with Crippen LogP contribution in [0, 0.1) is 5.82 Å². The highest BCUT2D eigenvalue weighted by Gasteiger charge is 2.23. The Morgan fingerprint density at radius 3 is 2.54 bits per heavy atom. The molecular formula is C14H10Cl2FNO5S. The van der Waals surface area contributed by atoms with E-state index >= 15 is 0 Å². The standard InChI is InChI=1S/C14H10Cl2FNO5S/c1-23-14(20)7-2-3-10(17)11(4-7)18-24(21,22)12-6-8(15)5-9(16)13(12)19/h2-6,18-19H,1H3. The topological polar surface area (TPSA) is 92.7 Å². The zero-order valence-corrected chi connectivity index (χ0v) is 14.3. The first-order chi connectivity index (χ1) is 11.2. The maximum absolute atomic E-state index is 13.8. The summed E-state index contributed by atoms with van der Waals surface area (Å²) in [6.07, 6.45) is 0. The number of phenolic OH excluding ortho intramolecular Hbond substituents is 1. The number of hydrogen-bond acceptors (Lipinski definition) is 5. The van der Waals surface area contributed by atoms with Crippen molar-refractivity contribution in [1.29, 1.82) is 0 Å². The van der Waals surface area contributed by atoms with E-state index in [1.165, 1.54) is 0 Å². The molecule has 0 aromatic heterocycles. The molecule has 0 heterocycles. The van der Waals surface area contributed by atoms with Gasteiger partial charge in [0.25, 0.3) is 10.0 Å². The number of carbonyl (C=O) groups excluding carboxylic acids is 1. The monoisotopic (exact) mass is 393 g/mol. The molecule has 2 aromatic rings. The summed E-state index contributed by atoms with van der Waals surface area (Å²) in [5.41, 5.74) is -0.571. The van der Waals surface area contributed by atoms with Crippen molar-refractivity contribution in [3.63, 3.8) is 0 Å². The average molecular weight is 394 g/mol. The fraction of sp³-hybridized carbons (Fsp3) is 0.0714. The van der Waals surface area contributed by atoms with Gasteiger partial charge in [-0.25, -0.2) is 17.6 Å². The second-order valence-corrected chi connectivity index (χ2v) is 7.02. The van der Waals surface area contributed by atoms with E-state index in [4.69, 9.17) is 23.2 Å². The Balaban J connectivity index is 2.49. The van der Waals surface area contributed by atoms with E-state index in [9.17, 15) is 22.7 Å². The Morgan fingerprint density at radius 2 is 1.92 bits per heavy atom. The van der Waals surface area contributed by atoms with Crippen LogP contribution in [-0.2, 0) is 14.8 Å². The van der Waals surface area contributed by atoms with Gasteiger partial charge in [-0.1, -0.05) is 23.2 Å². The summed E-state index contributed by atoms with van der Waals surface area (Å²) in [6, 6.07) is 5.09. The number of phenols is 1. The first-order valence-corrected chi connectivity index (χ1v) is 8.48.